The van der Waals surface area contributed by atoms with Crippen LogP contribution in [0.5, 0.6) is 0 Å². The highest BCUT2D eigenvalue weighted by molar-refractivity contribution is 4.93. The van der Waals surface area contributed by atoms with Gasteiger partial charge >= 0.3 is 0 Å². The van der Waals surface area contributed by atoms with Crippen molar-refractivity contribution in [1.82, 2.24) is 15.0 Å². The molecule has 0 aliphatic rings. The molecule has 1 aromatic rings. The maximum absolute atomic E-state index is 4.25. The Hall–Kier alpha value is -0.860. The molecule has 23 heavy (non-hydrogen) atoms. The van der Waals surface area contributed by atoms with E-state index in [2.05, 4.69) is 28.8 Å². The molecule has 0 fully saturated rings. The van der Waals surface area contributed by atoms with Gasteiger partial charge in [-0.2, -0.15) is 0 Å². The summed E-state index contributed by atoms with van der Waals surface area (Å²) in [6.45, 7) is 9.59. The smallest absolute Gasteiger partial charge is 0.0725 e. The summed E-state index contributed by atoms with van der Waals surface area (Å²) in [5, 5.41) is 8.33. The Balaban J connectivity index is 0.00000232. The van der Waals surface area contributed by atoms with Gasteiger partial charge in [0.15, 0.2) is 0 Å². The molecule has 0 radical (unpaired) electrons. The van der Waals surface area contributed by atoms with Crippen LogP contribution in [-0.4, -0.2) is 15.0 Å². The minimum Gasteiger partial charge on any atom is -0.249 e. The monoisotopic (exact) mass is 323 g/mol. The highest BCUT2D eigenvalue weighted by Crippen LogP contribution is 2.10. The van der Waals surface area contributed by atoms with E-state index in [1.165, 1.54) is 82.7 Å². The van der Waals surface area contributed by atoms with Crippen molar-refractivity contribution in [1.29, 1.82) is 0 Å². The molecular weight excluding hydrogens is 282 g/mol. The molecule has 136 valence electrons. The number of aryl methyl sites for hydroxylation is 2. The van der Waals surface area contributed by atoms with Crippen LogP contribution in [-0.2, 0) is 13.0 Å². The lowest BCUT2D eigenvalue weighted by Crippen LogP contribution is -2.05. The first-order valence-corrected chi connectivity index (χ1v) is 10.3. The zero-order chi connectivity index (χ0) is 17.2. The van der Waals surface area contributed by atoms with Crippen molar-refractivity contribution in [3.05, 3.63) is 11.9 Å². The fraction of sp³-hybridized carbons (Fsp3) is 0.900. The van der Waals surface area contributed by atoms with Crippen molar-refractivity contribution in [2.75, 3.05) is 0 Å². The third-order valence-corrected chi connectivity index (χ3v) is 4.21. The first kappa shape index (κ1) is 22.1. The molecular formula is C20H41N3. The van der Waals surface area contributed by atoms with Gasteiger partial charge in [0.05, 0.1) is 11.9 Å². The standard InChI is InChI=1S/C18H35N3.C2H6/c1-3-5-7-9-10-12-14-16-21-18(17-19-20-21)15-13-11-8-6-4-2;1-2/h17H,3-16H2,1-2H3;1-2H3. The number of unbranched alkanes of at least 4 members (excludes halogenated alkanes) is 10. The minimum absolute atomic E-state index is 1.05. The zero-order valence-corrected chi connectivity index (χ0v) is 16.3. The van der Waals surface area contributed by atoms with E-state index in [0.717, 1.165) is 13.0 Å². The summed E-state index contributed by atoms with van der Waals surface area (Å²) in [6.07, 6.45) is 19.3. The van der Waals surface area contributed by atoms with Crippen LogP contribution in [0.4, 0.5) is 0 Å². The van der Waals surface area contributed by atoms with E-state index in [4.69, 9.17) is 0 Å². The molecule has 1 rings (SSSR count). The highest BCUT2D eigenvalue weighted by Gasteiger charge is 2.03. The summed E-state index contributed by atoms with van der Waals surface area (Å²) in [5.41, 5.74) is 1.33. The Kier molecular flexibility index (Phi) is 16.8. The summed E-state index contributed by atoms with van der Waals surface area (Å²) in [6, 6.07) is 0. The van der Waals surface area contributed by atoms with Crippen LogP contribution in [0.15, 0.2) is 6.20 Å². The number of rotatable bonds is 14. The molecule has 0 N–H and O–H groups in total. The summed E-state index contributed by atoms with van der Waals surface area (Å²) in [7, 11) is 0. The molecule has 0 spiro atoms. The van der Waals surface area contributed by atoms with Gasteiger partial charge < -0.3 is 0 Å². The van der Waals surface area contributed by atoms with Crippen molar-refractivity contribution in [3.8, 4) is 0 Å². The molecule has 3 heteroatoms. The van der Waals surface area contributed by atoms with E-state index >= 15 is 0 Å². The predicted molar refractivity (Wildman–Crippen MR) is 102 cm³/mol. The van der Waals surface area contributed by atoms with Gasteiger partial charge in [0.1, 0.15) is 0 Å². The van der Waals surface area contributed by atoms with Crippen LogP contribution in [0.3, 0.4) is 0 Å². The van der Waals surface area contributed by atoms with Crippen molar-refractivity contribution >= 4 is 0 Å². The first-order valence-electron chi connectivity index (χ1n) is 10.3. The molecule has 0 aliphatic heterocycles. The van der Waals surface area contributed by atoms with Gasteiger partial charge in [0.2, 0.25) is 0 Å². The Morgan fingerprint density at radius 1 is 0.739 bits per heavy atom. The molecule has 1 aromatic heterocycles. The topological polar surface area (TPSA) is 30.7 Å². The number of nitrogens with zero attached hydrogens (tertiary/aromatic N) is 3. The average Bonchev–Trinajstić information content (AvgIpc) is 3.03. The van der Waals surface area contributed by atoms with E-state index in [9.17, 15) is 0 Å². The fourth-order valence-electron chi connectivity index (χ4n) is 2.79. The van der Waals surface area contributed by atoms with Crippen molar-refractivity contribution in [2.24, 2.45) is 0 Å². The van der Waals surface area contributed by atoms with Crippen molar-refractivity contribution in [2.45, 2.75) is 118 Å². The predicted octanol–water partition coefficient (Wildman–Crippen LogP) is 6.57. The highest BCUT2D eigenvalue weighted by atomic mass is 15.4. The van der Waals surface area contributed by atoms with Crippen LogP contribution < -0.4 is 0 Å². The normalized spacial score (nSPS) is 10.4. The van der Waals surface area contributed by atoms with Crippen LogP contribution in [0.1, 0.15) is 110 Å². The maximum atomic E-state index is 4.25. The number of hydrogen-bond acceptors (Lipinski definition) is 2. The maximum Gasteiger partial charge on any atom is 0.0725 e. The second-order valence-electron chi connectivity index (χ2n) is 6.23. The lowest BCUT2D eigenvalue weighted by atomic mass is 10.1. The molecule has 0 bridgehead atoms. The quantitative estimate of drug-likeness (QED) is 0.363. The number of aromatic nitrogens is 3. The van der Waals surface area contributed by atoms with Gasteiger partial charge in [0.25, 0.3) is 0 Å². The Labute approximate surface area is 145 Å². The third-order valence-electron chi connectivity index (χ3n) is 4.21. The van der Waals surface area contributed by atoms with Crippen molar-refractivity contribution in [3.63, 3.8) is 0 Å². The lowest BCUT2D eigenvalue weighted by Gasteiger charge is -2.06. The average molecular weight is 324 g/mol. The number of hydrogen-bond donors (Lipinski definition) is 0. The molecule has 0 aromatic carbocycles. The largest absolute Gasteiger partial charge is 0.249 e. The Morgan fingerprint density at radius 2 is 1.26 bits per heavy atom. The second-order valence-corrected chi connectivity index (χ2v) is 6.23. The van der Waals surface area contributed by atoms with Crippen LogP contribution in [0.25, 0.3) is 0 Å². The minimum atomic E-state index is 1.05. The van der Waals surface area contributed by atoms with Crippen LogP contribution in [0, 0.1) is 0 Å². The lowest BCUT2D eigenvalue weighted by molar-refractivity contribution is 0.495. The molecule has 0 saturated carbocycles. The molecule has 0 unspecified atom stereocenters. The molecule has 0 aliphatic carbocycles. The SMILES string of the molecule is CC.CCCCCCCCCn1nncc1CCCCCCC. The summed E-state index contributed by atoms with van der Waals surface area (Å²) >= 11 is 0. The van der Waals surface area contributed by atoms with Crippen molar-refractivity contribution < 1.29 is 0 Å². The molecule has 1 heterocycles. The fourth-order valence-corrected chi connectivity index (χ4v) is 2.79. The van der Waals surface area contributed by atoms with Gasteiger partial charge in [0, 0.05) is 6.54 Å². The van der Waals surface area contributed by atoms with Gasteiger partial charge in [-0.15, -0.1) is 5.10 Å². The Bertz CT molecular complexity index is 333. The van der Waals surface area contributed by atoms with E-state index in [1.807, 2.05) is 20.0 Å². The molecule has 0 atom stereocenters. The van der Waals surface area contributed by atoms with E-state index in [1.54, 1.807) is 0 Å². The summed E-state index contributed by atoms with van der Waals surface area (Å²) in [5.74, 6) is 0. The van der Waals surface area contributed by atoms with E-state index < -0.39 is 0 Å². The molecule has 0 saturated heterocycles. The first-order chi connectivity index (χ1) is 11.4. The van der Waals surface area contributed by atoms with Gasteiger partial charge in [-0.3, -0.25) is 0 Å². The van der Waals surface area contributed by atoms with Gasteiger partial charge in [-0.25, -0.2) is 4.68 Å². The van der Waals surface area contributed by atoms with Gasteiger partial charge in [-0.1, -0.05) is 97.1 Å². The molecule has 0 amide bonds. The summed E-state index contributed by atoms with van der Waals surface area (Å²) in [4.78, 5) is 0. The van der Waals surface area contributed by atoms with E-state index in [0.29, 0.717) is 0 Å². The van der Waals surface area contributed by atoms with Crippen LogP contribution in [0.2, 0.25) is 0 Å². The summed E-state index contributed by atoms with van der Waals surface area (Å²) < 4.78 is 2.13. The second kappa shape index (κ2) is 17.5. The van der Waals surface area contributed by atoms with E-state index in [-0.39, 0.29) is 0 Å². The Morgan fingerprint density at radius 3 is 1.87 bits per heavy atom. The zero-order valence-electron chi connectivity index (χ0n) is 16.3. The third kappa shape index (κ3) is 12.3. The molecule has 3 nitrogen and oxygen atoms in total. The van der Waals surface area contributed by atoms with Crippen LogP contribution >= 0.6 is 0 Å². The van der Waals surface area contributed by atoms with Gasteiger partial charge in [-0.05, 0) is 19.3 Å².